The fourth-order valence-corrected chi connectivity index (χ4v) is 3.02. The standard InChI is InChI=1S/C17H18F2N4O2/c1-21(8-11-7-20-22(2)9-11)17(25)12-5-16(24)23(10-12)15-4-3-13(18)6-14(15)19/h3-4,6-7,9,12H,5,8,10H2,1-2H3. The van der Waals surface area contributed by atoms with Crippen molar-refractivity contribution in [2.45, 2.75) is 13.0 Å². The number of anilines is 1. The Morgan fingerprint density at radius 2 is 2.16 bits per heavy atom. The van der Waals surface area contributed by atoms with Crippen LogP contribution in [-0.2, 0) is 23.2 Å². The Bertz CT molecular complexity index is 821. The van der Waals surface area contributed by atoms with Gasteiger partial charge in [0, 0.05) is 51.4 Å². The minimum absolute atomic E-state index is 0.00314. The van der Waals surface area contributed by atoms with Crippen LogP contribution in [0.5, 0.6) is 0 Å². The number of nitrogens with zero attached hydrogens (tertiary/aromatic N) is 4. The second kappa shape index (κ2) is 6.62. The molecule has 0 bridgehead atoms. The minimum Gasteiger partial charge on any atom is -0.341 e. The third-order valence-corrected chi connectivity index (χ3v) is 4.23. The van der Waals surface area contributed by atoms with Crippen LogP contribution >= 0.6 is 0 Å². The summed E-state index contributed by atoms with van der Waals surface area (Å²) in [7, 11) is 3.44. The lowest BCUT2D eigenvalue weighted by molar-refractivity contribution is -0.135. The van der Waals surface area contributed by atoms with Crippen molar-refractivity contribution in [3.63, 3.8) is 0 Å². The molecule has 0 saturated carbocycles. The number of benzene rings is 1. The molecular formula is C17H18F2N4O2. The highest BCUT2D eigenvalue weighted by molar-refractivity contribution is 6.00. The molecule has 3 rings (SSSR count). The number of hydrogen-bond acceptors (Lipinski definition) is 3. The van der Waals surface area contributed by atoms with Gasteiger partial charge in [-0.1, -0.05) is 0 Å². The summed E-state index contributed by atoms with van der Waals surface area (Å²) in [5.74, 6) is -2.62. The Kier molecular flexibility index (Phi) is 4.52. The first-order chi connectivity index (χ1) is 11.8. The number of amides is 2. The highest BCUT2D eigenvalue weighted by atomic mass is 19.1. The van der Waals surface area contributed by atoms with E-state index in [0.29, 0.717) is 6.54 Å². The van der Waals surface area contributed by atoms with Gasteiger partial charge in [0.15, 0.2) is 0 Å². The normalized spacial score (nSPS) is 17.2. The van der Waals surface area contributed by atoms with Crippen molar-refractivity contribution >= 4 is 17.5 Å². The molecule has 2 aromatic rings. The lowest BCUT2D eigenvalue weighted by Crippen LogP contribution is -2.34. The van der Waals surface area contributed by atoms with Crippen LogP contribution < -0.4 is 4.90 Å². The number of hydrogen-bond donors (Lipinski definition) is 0. The predicted octanol–water partition coefficient (Wildman–Crippen LogP) is 1.71. The highest BCUT2D eigenvalue weighted by Gasteiger charge is 2.37. The van der Waals surface area contributed by atoms with E-state index < -0.39 is 17.6 Å². The average molecular weight is 348 g/mol. The second-order valence-electron chi connectivity index (χ2n) is 6.22. The molecule has 1 aromatic heterocycles. The summed E-state index contributed by atoms with van der Waals surface area (Å²) in [6.07, 6.45) is 3.49. The number of aryl methyl sites for hydroxylation is 1. The maximum absolute atomic E-state index is 13.9. The molecule has 132 valence electrons. The number of halogens is 2. The van der Waals surface area contributed by atoms with Gasteiger partial charge in [0.05, 0.1) is 17.8 Å². The topological polar surface area (TPSA) is 58.4 Å². The van der Waals surface area contributed by atoms with Crippen molar-refractivity contribution in [3.8, 4) is 0 Å². The van der Waals surface area contributed by atoms with Crippen molar-refractivity contribution in [2.24, 2.45) is 13.0 Å². The van der Waals surface area contributed by atoms with Crippen LogP contribution in [0.15, 0.2) is 30.6 Å². The van der Waals surface area contributed by atoms with E-state index in [2.05, 4.69) is 5.10 Å². The van der Waals surface area contributed by atoms with Crippen LogP contribution in [0, 0.1) is 17.6 Å². The third-order valence-electron chi connectivity index (χ3n) is 4.23. The fraction of sp³-hybridized carbons (Fsp3) is 0.353. The number of carbonyl (C=O) groups excluding carboxylic acids is 2. The SMILES string of the molecule is CN(Cc1cnn(C)c1)C(=O)C1CC(=O)N(c2ccc(F)cc2F)C1. The van der Waals surface area contributed by atoms with Crippen LogP contribution in [0.3, 0.4) is 0 Å². The monoisotopic (exact) mass is 348 g/mol. The van der Waals surface area contributed by atoms with E-state index in [1.807, 2.05) is 6.20 Å². The smallest absolute Gasteiger partial charge is 0.228 e. The van der Waals surface area contributed by atoms with Crippen molar-refractivity contribution in [2.75, 3.05) is 18.5 Å². The van der Waals surface area contributed by atoms with Gasteiger partial charge < -0.3 is 9.80 Å². The van der Waals surface area contributed by atoms with Crippen molar-refractivity contribution < 1.29 is 18.4 Å². The molecule has 1 aliphatic rings. The number of rotatable bonds is 4. The molecule has 2 heterocycles. The zero-order valence-corrected chi connectivity index (χ0v) is 13.9. The van der Waals surface area contributed by atoms with E-state index in [4.69, 9.17) is 0 Å². The average Bonchev–Trinajstić information content (AvgIpc) is 3.12. The van der Waals surface area contributed by atoms with Crippen molar-refractivity contribution in [1.82, 2.24) is 14.7 Å². The molecule has 1 atom stereocenters. The Morgan fingerprint density at radius 3 is 2.80 bits per heavy atom. The summed E-state index contributed by atoms with van der Waals surface area (Å²) in [6.45, 7) is 0.458. The largest absolute Gasteiger partial charge is 0.341 e. The molecule has 8 heteroatoms. The molecule has 2 amide bonds. The van der Waals surface area contributed by atoms with E-state index in [9.17, 15) is 18.4 Å². The summed E-state index contributed by atoms with van der Waals surface area (Å²) in [4.78, 5) is 27.5. The first kappa shape index (κ1) is 17.1. The number of aromatic nitrogens is 2. The van der Waals surface area contributed by atoms with Gasteiger partial charge in [-0.05, 0) is 12.1 Å². The van der Waals surface area contributed by atoms with Gasteiger partial charge in [0.25, 0.3) is 0 Å². The van der Waals surface area contributed by atoms with E-state index in [1.54, 1.807) is 25.0 Å². The first-order valence-corrected chi connectivity index (χ1v) is 7.83. The summed E-state index contributed by atoms with van der Waals surface area (Å²) < 4.78 is 28.6. The zero-order valence-electron chi connectivity index (χ0n) is 13.9. The van der Waals surface area contributed by atoms with E-state index in [1.165, 1.54) is 15.9 Å². The molecule has 1 saturated heterocycles. The van der Waals surface area contributed by atoms with Crippen LogP contribution in [-0.4, -0.2) is 40.1 Å². The van der Waals surface area contributed by atoms with Gasteiger partial charge in [-0.25, -0.2) is 8.78 Å². The van der Waals surface area contributed by atoms with Crippen LogP contribution in [0.4, 0.5) is 14.5 Å². The Labute approximate surface area is 143 Å². The van der Waals surface area contributed by atoms with Gasteiger partial charge >= 0.3 is 0 Å². The molecule has 0 radical (unpaired) electrons. The quantitative estimate of drug-likeness (QED) is 0.845. The van der Waals surface area contributed by atoms with Gasteiger partial charge in [-0.2, -0.15) is 5.10 Å². The molecular weight excluding hydrogens is 330 g/mol. The second-order valence-corrected chi connectivity index (χ2v) is 6.22. The Balaban J connectivity index is 1.69. The first-order valence-electron chi connectivity index (χ1n) is 7.83. The maximum atomic E-state index is 13.9. The maximum Gasteiger partial charge on any atom is 0.228 e. The zero-order chi connectivity index (χ0) is 18.1. The minimum atomic E-state index is -0.815. The van der Waals surface area contributed by atoms with E-state index in [-0.39, 0.29) is 30.5 Å². The third kappa shape index (κ3) is 3.52. The van der Waals surface area contributed by atoms with Gasteiger partial charge in [-0.3, -0.25) is 14.3 Å². The van der Waals surface area contributed by atoms with E-state index >= 15 is 0 Å². The molecule has 1 aliphatic heterocycles. The molecule has 0 aliphatic carbocycles. The van der Waals surface area contributed by atoms with Crippen LogP contribution in [0.2, 0.25) is 0 Å². The Hall–Kier alpha value is -2.77. The Morgan fingerprint density at radius 1 is 1.40 bits per heavy atom. The van der Waals surface area contributed by atoms with Crippen molar-refractivity contribution in [3.05, 3.63) is 47.8 Å². The summed E-state index contributed by atoms with van der Waals surface area (Å²) >= 11 is 0. The molecule has 6 nitrogen and oxygen atoms in total. The van der Waals surface area contributed by atoms with Crippen LogP contribution in [0.25, 0.3) is 0 Å². The molecule has 0 N–H and O–H groups in total. The van der Waals surface area contributed by atoms with Gasteiger partial charge in [0.2, 0.25) is 11.8 Å². The summed E-state index contributed by atoms with van der Waals surface area (Å²) in [6, 6.07) is 3.04. The van der Waals surface area contributed by atoms with Gasteiger partial charge in [-0.15, -0.1) is 0 Å². The number of carbonyl (C=O) groups is 2. The lowest BCUT2D eigenvalue weighted by Gasteiger charge is -2.21. The van der Waals surface area contributed by atoms with E-state index in [0.717, 1.165) is 17.7 Å². The molecule has 0 spiro atoms. The fourth-order valence-electron chi connectivity index (χ4n) is 3.02. The highest BCUT2D eigenvalue weighted by Crippen LogP contribution is 2.28. The predicted molar refractivity (Wildman–Crippen MR) is 86.5 cm³/mol. The lowest BCUT2D eigenvalue weighted by atomic mass is 10.1. The molecule has 1 aromatic carbocycles. The van der Waals surface area contributed by atoms with Crippen LogP contribution in [0.1, 0.15) is 12.0 Å². The molecule has 25 heavy (non-hydrogen) atoms. The molecule has 1 unspecified atom stereocenters. The van der Waals surface area contributed by atoms with Crippen molar-refractivity contribution in [1.29, 1.82) is 0 Å². The van der Waals surface area contributed by atoms with Gasteiger partial charge in [0.1, 0.15) is 11.6 Å². The summed E-state index contributed by atoms with van der Waals surface area (Å²) in [5.41, 5.74) is 0.876. The molecule has 1 fully saturated rings. The summed E-state index contributed by atoms with van der Waals surface area (Å²) in [5, 5.41) is 4.05.